The van der Waals surface area contributed by atoms with Gasteiger partial charge in [0.15, 0.2) is 5.75 Å². The van der Waals surface area contributed by atoms with Crippen LogP contribution in [-0.2, 0) is 0 Å². The van der Waals surface area contributed by atoms with Gasteiger partial charge in [-0.15, -0.1) is 16.6 Å². The quantitative estimate of drug-likeness (QED) is 0.176. The number of amidine groups is 1. The zero-order chi connectivity index (χ0) is 28.0. The van der Waals surface area contributed by atoms with Gasteiger partial charge in [-0.05, 0) is 69.1 Å². The Labute approximate surface area is 226 Å². The summed E-state index contributed by atoms with van der Waals surface area (Å²) in [5.74, 6) is 4.58. The number of terminal acetylenes is 1. The molecule has 2 aliphatic rings. The fraction of sp³-hybridized carbons (Fsp3) is 0.552. The zero-order valence-corrected chi connectivity index (χ0v) is 23.4. The highest BCUT2D eigenvalue weighted by Gasteiger charge is 2.31. The van der Waals surface area contributed by atoms with Gasteiger partial charge >= 0.3 is 0 Å². The summed E-state index contributed by atoms with van der Waals surface area (Å²) in [6.07, 6.45) is 13.5. The number of benzene rings is 1. The Morgan fingerprint density at radius 3 is 2.63 bits per heavy atom. The molecule has 5 atom stereocenters. The van der Waals surface area contributed by atoms with Crippen molar-refractivity contribution in [2.75, 3.05) is 14.1 Å². The predicted molar refractivity (Wildman–Crippen MR) is 153 cm³/mol. The molecule has 0 spiro atoms. The molecule has 206 valence electrons. The standard InChI is InChI=1S/C29H42N6O3/c1-8-25(24-12-11-22(16-27(24)38-37)26-13-14-34(6)28(36)31-26)33-32-21(4)35(7)23-15-19(2)9-10-20(3)17-29(5,30)18-23/h1,11-14,16,19-20,23,28,36-37H,9-10,15,17-18,30H2,2-7H3/b32-21+,33-25+/t19?,20?,23-,28?,29?/m0/s1. The average Bonchev–Trinajstić information content (AvgIpc) is 2.92. The lowest BCUT2D eigenvalue weighted by Gasteiger charge is -2.36. The summed E-state index contributed by atoms with van der Waals surface area (Å²) < 4.78 is 0. The maximum Gasteiger partial charge on any atom is 0.225 e. The van der Waals surface area contributed by atoms with Gasteiger partial charge in [0.2, 0.25) is 6.35 Å². The Morgan fingerprint density at radius 1 is 1.26 bits per heavy atom. The van der Waals surface area contributed by atoms with Gasteiger partial charge in [-0.25, -0.2) is 10.2 Å². The van der Waals surface area contributed by atoms with Crippen LogP contribution in [0.1, 0.15) is 70.9 Å². The molecule has 4 N–H and O–H groups in total. The minimum Gasteiger partial charge on any atom is -0.359 e. The topological polar surface area (TPSA) is 119 Å². The normalized spacial score (nSPS) is 29.1. The summed E-state index contributed by atoms with van der Waals surface area (Å²) in [5, 5.41) is 28.4. The second-order valence-electron chi connectivity index (χ2n) is 11.2. The monoisotopic (exact) mass is 522 g/mol. The summed E-state index contributed by atoms with van der Waals surface area (Å²) in [5.41, 5.74) is 8.29. The first-order valence-corrected chi connectivity index (χ1v) is 13.2. The van der Waals surface area contributed by atoms with Crippen molar-refractivity contribution in [2.45, 2.75) is 77.7 Å². The molecule has 1 aromatic rings. The van der Waals surface area contributed by atoms with Crippen LogP contribution in [0.25, 0.3) is 0 Å². The van der Waals surface area contributed by atoms with Gasteiger partial charge in [0, 0.05) is 37.4 Å². The Balaban J connectivity index is 1.85. The van der Waals surface area contributed by atoms with Crippen molar-refractivity contribution in [3.05, 3.63) is 41.6 Å². The molecule has 1 aliphatic heterocycles. The summed E-state index contributed by atoms with van der Waals surface area (Å²) in [6.45, 7) is 8.66. The molecule has 1 aliphatic carbocycles. The molecule has 1 fully saturated rings. The maximum atomic E-state index is 10.0. The van der Waals surface area contributed by atoms with E-state index in [1.165, 1.54) is 12.8 Å². The smallest absolute Gasteiger partial charge is 0.225 e. The summed E-state index contributed by atoms with van der Waals surface area (Å²) in [7, 11) is 3.75. The van der Waals surface area contributed by atoms with E-state index in [1.807, 2.05) is 14.0 Å². The van der Waals surface area contributed by atoms with E-state index in [4.69, 9.17) is 12.2 Å². The number of aliphatic hydroxyl groups is 1. The average molecular weight is 523 g/mol. The van der Waals surface area contributed by atoms with Crippen molar-refractivity contribution >= 4 is 17.3 Å². The van der Waals surface area contributed by atoms with E-state index in [2.05, 4.69) is 51.7 Å². The third-order valence-electron chi connectivity index (χ3n) is 7.55. The molecule has 9 nitrogen and oxygen atoms in total. The van der Waals surface area contributed by atoms with Gasteiger partial charge in [0.25, 0.3) is 0 Å². The number of allylic oxidation sites excluding steroid dienone is 1. The molecule has 0 amide bonds. The highest BCUT2D eigenvalue weighted by molar-refractivity contribution is 6.15. The van der Waals surface area contributed by atoms with Gasteiger partial charge in [0.1, 0.15) is 11.5 Å². The van der Waals surface area contributed by atoms with Crippen LogP contribution in [0.15, 0.2) is 45.7 Å². The van der Waals surface area contributed by atoms with Gasteiger partial charge in [-0.2, -0.15) is 0 Å². The highest BCUT2D eigenvalue weighted by atomic mass is 17.1. The fourth-order valence-electron chi connectivity index (χ4n) is 5.31. The molecular formula is C29H42N6O3. The van der Waals surface area contributed by atoms with Gasteiger partial charge < -0.3 is 25.5 Å². The molecule has 1 saturated carbocycles. The van der Waals surface area contributed by atoms with E-state index < -0.39 is 6.35 Å². The van der Waals surface area contributed by atoms with Crippen LogP contribution in [0.4, 0.5) is 0 Å². The number of rotatable bonds is 5. The summed E-state index contributed by atoms with van der Waals surface area (Å²) >= 11 is 0. The largest absolute Gasteiger partial charge is 0.359 e. The van der Waals surface area contributed by atoms with E-state index in [0.29, 0.717) is 28.7 Å². The molecule has 0 saturated heterocycles. The molecule has 0 radical (unpaired) electrons. The molecule has 4 unspecified atom stereocenters. The molecular weight excluding hydrogens is 480 g/mol. The van der Waals surface area contributed by atoms with Crippen molar-refractivity contribution in [1.29, 1.82) is 0 Å². The van der Waals surface area contributed by atoms with Crippen LogP contribution < -0.4 is 10.6 Å². The van der Waals surface area contributed by atoms with Crippen LogP contribution in [-0.4, -0.2) is 69.5 Å². The van der Waals surface area contributed by atoms with Gasteiger partial charge in [-0.1, -0.05) is 32.8 Å². The zero-order valence-electron chi connectivity index (χ0n) is 23.4. The molecule has 3 rings (SSSR count). The van der Waals surface area contributed by atoms with Gasteiger partial charge in [-0.3, -0.25) is 0 Å². The molecule has 9 heteroatoms. The van der Waals surface area contributed by atoms with E-state index >= 15 is 0 Å². The third kappa shape index (κ3) is 7.44. The van der Waals surface area contributed by atoms with Crippen molar-refractivity contribution in [3.8, 4) is 18.1 Å². The van der Waals surface area contributed by atoms with E-state index in [-0.39, 0.29) is 23.0 Å². The Hall–Kier alpha value is -3.19. The van der Waals surface area contributed by atoms with Crippen molar-refractivity contribution in [3.63, 3.8) is 0 Å². The number of aliphatic hydroxyl groups excluding tert-OH is 1. The minimum atomic E-state index is -0.990. The lowest BCUT2D eigenvalue weighted by Crippen LogP contribution is -2.47. The van der Waals surface area contributed by atoms with Crippen LogP contribution in [0.2, 0.25) is 0 Å². The second kappa shape index (κ2) is 12.6. The van der Waals surface area contributed by atoms with Crippen LogP contribution >= 0.6 is 0 Å². The van der Waals surface area contributed by atoms with Crippen LogP contribution in [0.3, 0.4) is 0 Å². The molecule has 1 aromatic carbocycles. The molecule has 1 heterocycles. The van der Waals surface area contributed by atoms with Crippen LogP contribution in [0.5, 0.6) is 5.75 Å². The number of hydrogen-bond donors (Lipinski definition) is 3. The number of nitrogens with zero attached hydrogens (tertiary/aromatic N) is 5. The van der Waals surface area contributed by atoms with Gasteiger partial charge in [0.05, 0.1) is 11.3 Å². The third-order valence-corrected chi connectivity index (χ3v) is 7.55. The number of aliphatic imine (C=N–C) groups is 1. The lowest BCUT2D eigenvalue weighted by molar-refractivity contribution is -0.137. The van der Waals surface area contributed by atoms with Crippen molar-refractivity contribution in [1.82, 2.24) is 9.80 Å². The summed E-state index contributed by atoms with van der Waals surface area (Å²) in [6, 6.07) is 5.29. The molecule has 38 heavy (non-hydrogen) atoms. The summed E-state index contributed by atoms with van der Waals surface area (Å²) in [4.78, 5) is 12.6. The van der Waals surface area contributed by atoms with Crippen LogP contribution in [0, 0.1) is 24.2 Å². The number of hydrogen-bond acceptors (Lipinski definition) is 8. The van der Waals surface area contributed by atoms with E-state index in [1.54, 1.807) is 42.4 Å². The van der Waals surface area contributed by atoms with E-state index in [0.717, 1.165) is 25.1 Å². The predicted octanol–water partition coefficient (Wildman–Crippen LogP) is 4.07. The highest BCUT2D eigenvalue weighted by Crippen LogP contribution is 2.32. The number of nitrogens with two attached hydrogens (primary N) is 1. The molecule has 0 aromatic heterocycles. The van der Waals surface area contributed by atoms with E-state index in [9.17, 15) is 10.4 Å². The SMILES string of the molecule is C#C/C(=N\N=C(/C)N(C)[C@H]1CC(C)CCC(C)CC(C)(N)C1)c1ccc(C2=NC(O)N(C)C=C2)cc1OO. The minimum absolute atomic E-state index is 0.114. The Bertz CT molecular complexity index is 1150. The lowest BCUT2D eigenvalue weighted by atomic mass is 9.84. The Morgan fingerprint density at radius 2 is 1.97 bits per heavy atom. The van der Waals surface area contributed by atoms with Crippen molar-refractivity contribution in [2.24, 2.45) is 32.8 Å². The Kier molecular flexibility index (Phi) is 9.71. The first-order valence-electron chi connectivity index (χ1n) is 13.2. The fourth-order valence-corrected chi connectivity index (χ4v) is 5.31. The second-order valence-corrected chi connectivity index (χ2v) is 11.2. The first kappa shape index (κ1) is 29.4. The maximum absolute atomic E-state index is 10.0. The molecule has 0 bridgehead atoms. The first-order chi connectivity index (χ1) is 17.9. The van der Waals surface area contributed by atoms with Crippen molar-refractivity contribution < 1.29 is 15.3 Å².